The molecule has 1 heterocycles. The molecule has 3 nitrogen and oxygen atoms in total. The Bertz CT molecular complexity index is 579. The molecule has 0 saturated carbocycles. The lowest BCUT2D eigenvalue weighted by atomic mass is 10.0. The maximum Gasteiger partial charge on any atom is 0.150 e. The van der Waals surface area contributed by atoms with E-state index in [1.54, 1.807) is 12.3 Å². The number of carbonyl (C=O) groups excluding carboxylic acids is 1. The monoisotopic (exact) mass is 255 g/mol. The number of hydrogen-bond donors (Lipinski definition) is 0. The van der Waals surface area contributed by atoms with Gasteiger partial charge in [-0.15, -0.1) is 0 Å². The van der Waals surface area contributed by atoms with Gasteiger partial charge in [-0.1, -0.05) is 6.92 Å². The molecule has 0 fully saturated rings. The van der Waals surface area contributed by atoms with Crippen LogP contribution < -0.4 is 4.74 Å². The van der Waals surface area contributed by atoms with Gasteiger partial charge in [0.05, 0.1) is 6.61 Å². The number of rotatable bonds is 5. The van der Waals surface area contributed by atoms with E-state index < -0.39 is 0 Å². The van der Waals surface area contributed by atoms with Crippen molar-refractivity contribution in [1.29, 1.82) is 0 Å². The number of carbonyl (C=O) groups is 1. The molecule has 0 N–H and O–H groups in total. The van der Waals surface area contributed by atoms with Crippen LogP contribution in [0.3, 0.4) is 0 Å². The molecular formula is C16H17NO2. The molecule has 98 valence electrons. The SMILES string of the molecule is CCCOc1ccc(-c2ccnc(C)c2)c(C=O)c1. The average molecular weight is 255 g/mol. The lowest BCUT2D eigenvalue weighted by Gasteiger charge is -2.09. The Kier molecular flexibility index (Phi) is 4.29. The molecule has 3 heteroatoms. The molecule has 0 aliphatic rings. The predicted octanol–water partition coefficient (Wildman–Crippen LogP) is 3.66. The number of hydrogen-bond acceptors (Lipinski definition) is 3. The summed E-state index contributed by atoms with van der Waals surface area (Å²) in [5.74, 6) is 0.735. The molecule has 2 aromatic rings. The lowest BCUT2D eigenvalue weighted by Crippen LogP contribution is -1.97. The van der Waals surface area contributed by atoms with Gasteiger partial charge in [0, 0.05) is 17.5 Å². The Morgan fingerprint density at radius 3 is 2.79 bits per heavy atom. The molecular weight excluding hydrogens is 238 g/mol. The highest BCUT2D eigenvalue weighted by Crippen LogP contribution is 2.26. The van der Waals surface area contributed by atoms with Crippen LogP contribution in [0.2, 0.25) is 0 Å². The van der Waals surface area contributed by atoms with E-state index in [0.717, 1.165) is 35.3 Å². The molecule has 1 aromatic heterocycles. The summed E-state index contributed by atoms with van der Waals surface area (Å²) < 4.78 is 5.54. The third-order valence-electron chi connectivity index (χ3n) is 2.83. The van der Waals surface area contributed by atoms with Crippen LogP contribution in [0.5, 0.6) is 5.75 Å². The third-order valence-corrected chi connectivity index (χ3v) is 2.83. The van der Waals surface area contributed by atoms with E-state index in [0.29, 0.717) is 12.2 Å². The molecule has 0 bridgehead atoms. The summed E-state index contributed by atoms with van der Waals surface area (Å²) in [6.07, 6.45) is 3.56. The van der Waals surface area contributed by atoms with Gasteiger partial charge in [0.1, 0.15) is 5.75 Å². The van der Waals surface area contributed by atoms with Gasteiger partial charge in [-0.25, -0.2) is 0 Å². The fourth-order valence-corrected chi connectivity index (χ4v) is 1.92. The van der Waals surface area contributed by atoms with Gasteiger partial charge in [0.2, 0.25) is 0 Å². The van der Waals surface area contributed by atoms with Gasteiger partial charge in [-0.3, -0.25) is 9.78 Å². The second-order valence-corrected chi connectivity index (χ2v) is 4.40. The summed E-state index contributed by atoms with van der Waals surface area (Å²) in [7, 11) is 0. The minimum atomic E-state index is 0.638. The maximum atomic E-state index is 11.2. The van der Waals surface area contributed by atoms with Gasteiger partial charge in [0.25, 0.3) is 0 Å². The second kappa shape index (κ2) is 6.14. The Morgan fingerprint density at radius 1 is 1.26 bits per heavy atom. The Morgan fingerprint density at radius 2 is 2.11 bits per heavy atom. The zero-order valence-corrected chi connectivity index (χ0v) is 11.2. The number of pyridine rings is 1. The van der Waals surface area contributed by atoms with Crippen LogP contribution in [-0.2, 0) is 0 Å². The van der Waals surface area contributed by atoms with Crippen molar-refractivity contribution < 1.29 is 9.53 Å². The number of aryl methyl sites for hydroxylation is 1. The van der Waals surface area contributed by atoms with Crippen LogP contribution in [0.15, 0.2) is 36.5 Å². The summed E-state index contributed by atoms with van der Waals surface area (Å²) in [4.78, 5) is 15.4. The van der Waals surface area contributed by atoms with Crippen LogP contribution in [0.4, 0.5) is 0 Å². The van der Waals surface area contributed by atoms with E-state index in [9.17, 15) is 4.79 Å². The number of ether oxygens (including phenoxy) is 1. The van der Waals surface area contributed by atoms with Crippen LogP contribution in [0, 0.1) is 6.92 Å². The quantitative estimate of drug-likeness (QED) is 0.765. The fourth-order valence-electron chi connectivity index (χ4n) is 1.92. The Balaban J connectivity index is 2.38. The van der Waals surface area contributed by atoms with E-state index >= 15 is 0 Å². The molecule has 0 aliphatic heterocycles. The highest BCUT2D eigenvalue weighted by atomic mass is 16.5. The standard InChI is InChI=1S/C16H17NO2/c1-3-8-19-15-4-5-16(14(10-15)11-18)13-6-7-17-12(2)9-13/h4-7,9-11H,3,8H2,1-2H3. The van der Waals surface area contributed by atoms with Crippen molar-refractivity contribution in [2.75, 3.05) is 6.61 Å². The van der Waals surface area contributed by atoms with E-state index in [1.165, 1.54) is 0 Å². The predicted molar refractivity (Wildman–Crippen MR) is 75.6 cm³/mol. The molecule has 19 heavy (non-hydrogen) atoms. The van der Waals surface area contributed by atoms with E-state index in [4.69, 9.17) is 4.74 Å². The normalized spacial score (nSPS) is 10.2. The van der Waals surface area contributed by atoms with Crippen LogP contribution >= 0.6 is 0 Å². The van der Waals surface area contributed by atoms with Crippen LogP contribution in [-0.4, -0.2) is 17.9 Å². The molecule has 0 aliphatic carbocycles. The molecule has 0 amide bonds. The minimum Gasteiger partial charge on any atom is -0.494 e. The molecule has 0 saturated heterocycles. The topological polar surface area (TPSA) is 39.2 Å². The minimum absolute atomic E-state index is 0.638. The molecule has 0 radical (unpaired) electrons. The van der Waals surface area contributed by atoms with Crippen molar-refractivity contribution in [1.82, 2.24) is 4.98 Å². The largest absolute Gasteiger partial charge is 0.494 e. The summed E-state index contributed by atoms with van der Waals surface area (Å²) in [6.45, 7) is 4.64. The van der Waals surface area contributed by atoms with Gasteiger partial charge in [-0.05, 0) is 54.8 Å². The van der Waals surface area contributed by atoms with Gasteiger partial charge >= 0.3 is 0 Å². The molecule has 0 atom stereocenters. The number of aromatic nitrogens is 1. The number of benzene rings is 1. The van der Waals surface area contributed by atoms with E-state index in [-0.39, 0.29) is 0 Å². The summed E-state index contributed by atoms with van der Waals surface area (Å²) in [5, 5.41) is 0. The van der Waals surface area contributed by atoms with E-state index in [1.807, 2.05) is 31.2 Å². The Labute approximate surface area is 113 Å². The smallest absolute Gasteiger partial charge is 0.150 e. The van der Waals surface area contributed by atoms with Crippen molar-refractivity contribution in [2.45, 2.75) is 20.3 Å². The van der Waals surface area contributed by atoms with Crippen molar-refractivity contribution in [2.24, 2.45) is 0 Å². The van der Waals surface area contributed by atoms with Crippen molar-refractivity contribution >= 4 is 6.29 Å². The maximum absolute atomic E-state index is 11.2. The van der Waals surface area contributed by atoms with Crippen LogP contribution in [0.1, 0.15) is 29.4 Å². The summed E-state index contributed by atoms with van der Waals surface area (Å²) in [6, 6.07) is 9.47. The fraction of sp³-hybridized carbons (Fsp3) is 0.250. The van der Waals surface area contributed by atoms with E-state index in [2.05, 4.69) is 11.9 Å². The molecule has 0 unspecified atom stereocenters. The first kappa shape index (κ1) is 13.3. The van der Waals surface area contributed by atoms with Crippen LogP contribution in [0.25, 0.3) is 11.1 Å². The number of nitrogens with zero attached hydrogens (tertiary/aromatic N) is 1. The first-order chi connectivity index (χ1) is 9.24. The summed E-state index contributed by atoms with van der Waals surface area (Å²) in [5.41, 5.74) is 3.47. The van der Waals surface area contributed by atoms with Gasteiger partial charge in [0.15, 0.2) is 6.29 Å². The zero-order valence-electron chi connectivity index (χ0n) is 11.2. The first-order valence-electron chi connectivity index (χ1n) is 6.39. The van der Waals surface area contributed by atoms with Gasteiger partial charge < -0.3 is 4.74 Å². The van der Waals surface area contributed by atoms with Gasteiger partial charge in [-0.2, -0.15) is 0 Å². The second-order valence-electron chi connectivity index (χ2n) is 4.40. The average Bonchev–Trinajstić information content (AvgIpc) is 2.44. The van der Waals surface area contributed by atoms with Crippen molar-refractivity contribution in [3.63, 3.8) is 0 Å². The molecule has 1 aromatic carbocycles. The van der Waals surface area contributed by atoms with Crippen molar-refractivity contribution in [3.05, 3.63) is 47.8 Å². The zero-order chi connectivity index (χ0) is 13.7. The molecule has 0 spiro atoms. The van der Waals surface area contributed by atoms with Crippen molar-refractivity contribution in [3.8, 4) is 16.9 Å². The third kappa shape index (κ3) is 3.19. The Hall–Kier alpha value is -2.16. The summed E-state index contributed by atoms with van der Waals surface area (Å²) >= 11 is 0. The highest BCUT2D eigenvalue weighted by Gasteiger charge is 2.07. The molecule has 2 rings (SSSR count). The number of aldehydes is 1. The first-order valence-corrected chi connectivity index (χ1v) is 6.39. The highest BCUT2D eigenvalue weighted by molar-refractivity contribution is 5.88. The lowest BCUT2D eigenvalue weighted by molar-refractivity contribution is 0.112.